The predicted molar refractivity (Wildman–Crippen MR) is 56.9 cm³/mol. The lowest BCUT2D eigenvalue weighted by Crippen LogP contribution is -2.40. The van der Waals surface area contributed by atoms with Crippen molar-refractivity contribution in [3.05, 3.63) is 0 Å². The van der Waals surface area contributed by atoms with Crippen molar-refractivity contribution in [1.82, 2.24) is 10.2 Å². The van der Waals surface area contributed by atoms with Crippen LogP contribution in [0.3, 0.4) is 0 Å². The molecule has 1 saturated heterocycles. The van der Waals surface area contributed by atoms with E-state index in [1.165, 1.54) is 12.8 Å². The van der Waals surface area contributed by atoms with Gasteiger partial charge in [0, 0.05) is 13.1 Å². The van der Waals surface area contributed by atoms with Crippen molar-refractivity contribution in [2.24, 2.45) is 0 Å². The molecular formula is C11H18N2O. The first kappa shape index (κ1) is 10.9. The highest BCUT2D eigenvalue weighted by molar-refractivity contribution is 5.74. The highest BCUT2D eigenvalue weighted by Crippen LogP contribution is 2.09. The van der Waals surface area contributed by atoms with E-state index in [1.54, 1.807) is 6.92 Å². The summed E-state index contributed by atoms with van der Waals surface area (Å²) in [4.78, 5) is 13.5. The van der Waals surface area contributed by atoms with Gasteiger partial charge in [-0.05, 0) is 19.8 Å². The van der Waals surface area contributed by atoms with E-state index in [9.17, 15) is 4.79 Å². The number of hydrogen-bond acceptors (Lipinski definition) is 1. The monoisotopic (exact) mass is 194 g/mol. The van der Waals surface area contributed by atoms with Gasteiger partial charge >= 0.3 is 6.03 Å². The summed E-state index contributed by atoms with van der Waals surface area (Å²) in [6, 6.07) is 0.0367. The van der Waals surface area contributed by atoms with Gasteiger partial charge in [0.25, 0.3) is 0 Å². The number of nitrogens with one attached hydrogen (secondary N) is 1. The van der Waals surface area contributed by atoms with Gasteiger partial charge in [0.2, 0.25) is 0 Å². The second kappa shape index (κ2) is 6.31. The lowest BCUT2D eigenvalue weighted by molar-refractivity contribution is 0.201. The SMILES string of the molecule is CC#CCNC(=O)N1CCCCCC1. The molecule has 3 nitrogen and oxygen atoms in total. The van der Waals surface area contributed by atoms with Crippen LogP contribution in [-0.4, -0.2) is 30.6 Å². The molecule has 1 heterocycles. The minimum atomic E-state index is 0.0367. The number of nitrogens with zero attached hydrogens (tertiary/aromatic N) is 1. The largest absolute Gasteiger partial charge is 0.327 e. The number of carbonyl (C=O) groups excluding carboxylic acids is 1. The minimum absolute atomic E-state index is 0.0367. The molecule has 1 fully saturated rings. The Bertz CT molecular complexity index is 231. The highest BCUT2D eigenvalue weighted by atomic mass is 16.2. The van der Waals surface area contributed by atoms with Crippen LogP contribution in [0.25, 0.3) is 0 Å². The van der Waals surface area contributed by atoms with Gasteiger partial charge in [-0.25, -0.2) is 4.79 Å². The van der Waals surface area contributed by atoms with Crippen LogP contribution in [0.1, 0.15) is 32.6 Å². The average molecular weight is 194 g/mol. The van der Waals surface area contributed by atoms with Gasteiger partial charge in [-0.15, -0.1) is 5.92 Å². The van der Waals surface area contributed by atoms with Crippen molar-refractivity contribution in [3.63, 3.8) is 0 Å². The molecule has 0 bridgehead atoms. The van der Waals surface area contributed by atoms with Crippen molar-refractivity contribution < 1.29 is 4.79 Å². The first-order valence-electron chi connectivity index (χ1n) is 5.27. The van der Waals surface area contributed by atoms with Gasteiger partial charge in [-0.1, -0.05) is 18.8 Å². The molecule has 78 valence electrons. The van der Waals surface area contributed by atoms with E-state index in [-0.39, 0.29) is 6.03 Å². The van der Waals surface area contributed by atoms with Crippen molar-refractivity contribution in [1.29, 1.82) is 0 Å². The first-order valence-corrected chi connectivity index (χ1v) is 5.27. The van der Waals surface area contributed by atoms with Crippen molar-refractivity contribution in [2.75, 3.05) is 19.6 Å². The molecule has 0 aromatic heterocycles. The number of rotatable bonds is 1. The maximum atomic E-state index is 11.6. The van der Waals surface area contributed by atoms with Crippen LogP contribution >= 0.6 is 0 Å². The van der Waals surface area contributed by atoms with Gasteiger partial charge in [-0.3, -0.25) is 0 Å². The van der Waals surface area contributed by atoms with Gasteiger partial charge in [0.1, 0.15) is 0 Å². The summed E-state index contributed by atoms with van der Waals surface area (Å²) in [6.45, 7) is 4.03. The molecule has 2 amide bonds. The molecule has 1 rings (SSSR count). The van der Waals surface area contributed by atoms with Crippen LogP contribution in [-0.2, 0) is 0 Å². The van der Waals surface area contributed by atoms with E-state index < -0.39 is 0 Å². The Labute approximate surface area is 85.9 Å². The van der Waals surface area contributed by atoms with Crippen LogP contribution in [0.2, 0.25) is 0 Å². The molecule has 0 saturated carbocycles. The summed E-state index contributed by atoms with van der Waals surface area (Å²) in [5, 5.41) is 2.79. The van der Waals surface area contributed by atoms with Crippen LogP contribution in [0, 0.1) is 11.8 Å². The fraction of sp³-hybridized carbons (Fsp3) is 0.727. The number of carbonyl (C=O) groups is 1. The Morgan fingerprint density at radius 3 is 2.50 bits per heavy atom. The number of amides is 2. The summed E-state index contributed by atoms with van der Waals surface area (Å²) in [5.41, 5.74) is 0. The van der Waals surface area contributed by atoms with Gasteiger partial charge in [-0.2, -0.15) is 0 Å². The quantitative estimate of drug-likeness (QED) is 0.632. The zero-order valence-corrected chi connectivity index (χ0v) is 8.81. The lowest BCUT2D eigenvalue weighted by atomic mass is 10.2. The molecule has 1 aliphatic rings. The van der Waals surface area contributed by atoms with E-state index in [1.807, 2.05) is 4.90 Å². The van der Waals surface area contributed by atoms with Gasteiger partial charge in [0.15, 0.2) is 0 Å². The molecule has 1 N–H and O–H groups in total. The van der Waals surface area contributed by atoms with Crippen molar-refractivity contribution in [2.45, 2.75) is 32.6 Å². The van der Waals surface area contributed by atoms with Gasteiger partial charge < -0.3 is 10.2 Å². The van der Waals surface area contributed by atoms with E-state index >= 15 is 0 Å². The summed E-state index contributed by atoms with van der Waals surface area (Å²) in [5.74, 6) is 5.58. The summed E-state index contributed by atoms with van der Waals surface area (Å²) >= 11 is 0. The van der Waals surface area contributed by atoms with E-state index in [0.717, 1.165) is 25.9 Å². The lowest BCUT2D eigenvalue weighted by Gasteiger charge is -2.19. The number of urea groups is 1. The average Bonchev–Trinajstić information content (AvgIpc) is 2.46. The molecule has 0 aromatic carbocycles. The minimum Gasteiger partial charge on any atom is -0.327 e. The van der Waals surface area contributed by atoms with Crippen LogP contribution < -0.4 is 5.32 Å². The van der Waals surface area contributed by atoms with Crippen molar-refractivity contribution in [3.8, 4) is 11.8 Å². The predicted octanol–water partition coefficient (Wildman–Crippen LogP) is 1.60. The Morgan fingerprint density at radius 2 is 1.93 bits per heavy atom. The topological polar surface area (TPSA) is 32.3 Å². The maximum Gasteiger partial charge on any atom is 0.318 e. The molecule has 0 spiro atoms. The fourth-order valence-electron chi connectivity index (χ4n) is 1.59. The smallest absolute Gasteiger partial charge is 0.318 e. The third-order valence-corrected chi connectivity index (χ3v) is 2.40. The van der Waals surface area contributed by atoms with Crippen LogP contribution in [0.5, 0.6) is 0 Å². The molecule has 0 radical (unpaired) electrons. The molecule has 1 aliphatic heterocycles. The number of hydrogen-bond donors (Lipinski definition) is 1. The molecular weight excluding hydrogens is 176 g/mol. The summed E-state index contributed by atoms with van der Waals surface area (Å²) in [6.07, 6.45) is 4.76. The molecule has 0 aromatic rings. The van der Waals surface area contributed by atoms with E-state index in [4.69, 9.17) is 0 Å². The van der Waals surface area contributed by atoms with Gasteiger partial charge in [0.05, 0.1) is 6.54 Å². The third-order valence-electron chi connectivity index (χ3n) is 2.40. The van der Waals surface area contributed by atoms with E-state index in [0.29, 0.717) is 6.54 Å². The second-order valence-corrected chi connectivity index (χ2v) is 3.49. The Balaban J connectivity index is 2.29. The second-order valence-electron chi connectivity index (χ2n) is 3.49. The Hall–Kier alpha value is -1.17. The number of likely N-dealkylation sites (tertiary alicyclic amines) is 1. The Morgan fingerprint density at radius 1 is 1.29 bits per heavy atom. The summed E-state index contributed by atoms with van der Waals surface area (Å²) in [7, 11) is 0. The van der Waals surface area contributed by atoms with Crippen molar-refractivity contribution >= 4 is 6.03 Å². The maximum absolute atomic E-state index is 11.6. The first-order chi connectivity index (χ1) is 6.84. The highest BCUT2D eigenvalue weighted by Gasteiger charge is 2.13. The molecule has 0 atom stereocenters. The zero-order valence-electron chi connectivity index (χ0n) is 8.81. The molecule has 3 heteroatoms. The fourth-order valence-corrected chi connectivity index (χ4v) is 1.59. The molecule has 14 heavy (non-hydrogen) atoms. The standard InChI is InChI=1S/C11H18N2O/c1-2-3-8-12-11(14)13-9-6-4-5-7-10-13/h4-10H2,1H3,(H,12,14). The third kappa shape index (κ3) is 3.69. The summed E-state index contributed by atoms with van der Waals surface area (Å²) < 4.78 is 0. The molecule has 0 aliphatic carbocycles. The Kier molecular flexibility index (Phi) is 4.92. The molecule has 0 unspecified atom stereocenters. The normalized spacial score (nSPS) is 16.5. The van der Waals surface area contributed by atoms with E-state index in [2.05, 4.69) is 17.2 Å². The van der Waals surface area contributed by atoms with Crippen LogP contribution in [0.15, 0.2) is 0 Å². The zero-order chi connectivity index (χ0) is 10.2. The van der Waals surface area contributed by atoms with Crippen LogP contribution in [0.4, 0.5) is 4.79 Å².